The number of aryl methyl sites for hydroxylation is 3. The number of rotatable bonds is 4. The van der Waals surface area contributed by atoms with Gasteiger partial charge in [-0.25, -0.2) is 9.97 Å². The van der Waals surface area contributed by atoms with Gasteiger partial charge in [-0.3, -0.25) is 4.79 Å². The number of aromatic nitrogens is 2. The first-order valence-electron chi connectivity index (χ1n) is 5.26. The van der Waals surface area contributed by atoms with E-state index in [1.807, 2.05) is 19.2 Å². The van der Waals surface area contributed by atoms with E-state index >= 15 is 0 Å². The Hall–Kier alpha value is -1.27. The zero-order valence-electron chi connectivity index (χ0n) is 9.69. The number of anilines is 1. The van der Waals surface area contributed by atoms with Crippen molar-refractivity contribution >= 4 is 33.7 Å². The van der Waals surface area contributed by atoms with Crippen LogP contribution in [0.15, 0.2) is 10.9 Å². The van der Waals surface area contributed by atoms with Crippen LogP contribution in [0.25, 0.3) is 0 Å². The Morgan fingerprint density at radius 1 is 1.47 bits per heavy atom. The van der Waals surface area contributed by atoms with Crippen molar-refractivity contribution in [2.24, 2.45) is 0 Å². The first kappa shape index (κ1) is 12.2. The molecule has 0 aliphatic carbocycles. The van der Waals surface area contributed by atoms with Crippen LogP contribution in [-0.2, 0) is 11.2 Å². The maximum Gasteiger partial charge on any atom is 0.226 e. The molecule has 17 heavy (non-hydrogen) atoms. The second-order valence-corrected chi connectivity index (χ2v) is 5.61. The second-order valence-electron chi connectivity index (χ2n) is 3.69. The molecular weight excluding hydrogens is 254 g/mol. The van der Waals surface area contributed by atoms with Gasteiger partial charge in [0.2, 0.25) is 5.91 Å². The molecule has 0 saturated heterocycles. The van der Waals surface area contributed by atoms with Crippen LogP contribution in [0.1, 0.15) is 22.7 Å². The highest BCUT2D eigenvalue weighted by molar-refractivity contribution is 7.15. The Morgan fingerprint density at radius 3 is 2.88 bits per heavy atom. The molecule has 6 heteroatoms. The third-order valence-corrected chi connectivity index (χ3v) is 3.99. The van der Waals surface area contributed by atoms with Gasteiger partial charge in [0.25, 0.3) is 0 Å². The van der Waals surface area contributed by atoms with Crippen molar-refractivity contribution in [2.45, 2.75) is 26.7 Å². The molecule has 0 saturated carbocycles. The van der Waals surface area contributed by atoms with Gasteiger partial charge in [0.15, 0.2) is 5.13 Å². The van der Waals surface area contributed by atoms with Crippen LogP contribution < -0.4 is 5.32 Å². The van der Waals surface area contributed by atoms with Crippen molar-refractivity contribution < 1.29 is 4.79 Å². The van der Waals surface area contributed by atoms with Crippen LogP contribution in [-0.4, -0.2) is 15.9 Å². The lowest BCUT2D eigenvalue weighted by molar-refractivity contribution is -0.116. The van der Waals surface area contributed by atoms with E-state index in [9.17, 15) is 4.79 Å². The summed E-state index contributed by atoms with van der Waals surface area (Å²) in [7, 11) is 0. The Morgan fingerprint density at radius 2 is 2.29 bits per heavy atom. The summed E-state index contributed by atoms with van der Waals surface area (Å²) in [6, 6.07) is 0. The molecule has 0 aromatic carbocycles. The summed E-state index contributed by atoms with van der Waals surface area (Å²) < 4.78 is 0. The van der Waals surface area contributed by atoms with Crippen LogP contribution in [0.5, 0.6) is 0 Å². The van der Waals surface area contributed by atoms with Crippen molar-refractivity contribution in [1.29, 1.82) is 0 Å². The third kappa shape index (κ3) is 3.34. The SMILES string of the molecule is Cc1nc(NC(=O)CCc2cscn2)sc1C. The van der Waals surface area contributed by atoms with Crippen LogP contribution in [0.4, 0.5) is 5.13 Å². The van der Waals surface area contributed by atoms with E-state index in [1.165, 1.54) is 11.3 Å². The van der Waals surface area contributed by atoms with Gasteiger partial charge in [0.05, 0.1) is 16.9 Å². The summed E-state index contributed by atoms with van der Waals surface area (Å²) in [6.07, 6.45) is 1.13. The highest BCUT2D eigenvalue weighted by Gasteiger charge is 2.08. The topological polar surface area (TPSA) is 54.9 Å². The zero-order chi connectivity index (χ0) is 12.3. The molecule has 0 unspecified atom stereocenters. The van der Waals surface area contributed by atoms with Crippen molar-refractivity contribution in [1.82, 2.24) is 9.97 Å². The molecule has 0 bridgehead atoms. The molecule has 2 heterocycles. The summed E-state index contributed by atoms with van der Waals surface area (Å²) in [6.45, 7) is 3.94. The number of thiazole rings is 2. The van der Waals surface area contributed by atoms with E-state index < -0.39 is 0 Å². The third-order valence-electron chi connectivity index (χ3n) is 2.37. The summed E-state index contributed by atoms with van der Waals surface area (Å²) in [5.41, 5.74) is 3.72. The van der Waals surface area contributed by atoms with E-state index in [1.54, 1.807) is 16.8 Å². The van der Waals surface area contributed by atoms with Gasteiger partial charge < -0.3 is 5.32 Å². The van der Waals surface area contributed by atoms with E-state index in [4.69, 9.17) is 0 Å². The minimum atomic E-state index is -0.00764. The molecule has 0 aliphatic rings. The highest BCUT2D eigenvalue weighted by atomic mass is 32.1. The van der Waals surface area contributed by atoms with E-state index in [0.717, 1.165) is 16.3 Å². The molecule has 90 valence electrons. The summed E-state index contributed by atoms with van der Waals surface area (Å²) in [5, 5.41) is 5.46. The van der Waals surface area contributed by atoms with Gasteiger partial charge in [-0.15, -0.1) is 22.7 Å². The van der Waals surface area contributed by atoms with Crippen molar-refractivity contribution in [2.75, 3.05) is 5.32 Å². The van der Waals surface area contributed by atoms with Crippen molar-refractivity contribution in [3.63, 3.8) is 0 Å². The normalized spacial score (nSPS) is 10.5. The van der Waals surface area contributed by atoms with Gasteiger partial charge in [0, 0.05) is 16.7 Å². The lowest BCUT2D eigenvalue weighted by Gasteiger charge is -1.99. The Balaban J connectivity index is 1.85. The molecule has 0 aliphatic heterocycles. The lowest BCUT2D eigenvalue weighted by Crippen LogP contribution is -2.12. The molecule has 2 aromatic heterocycles. The second kappa shape index (κ2) is 5.37. The van der Waals surface area contributed by atoms with Gasteiger partial charge in [-0.2, -0.15) is 0 Å². The molecular formula is C11H13N3OS2. The molecule has 2 rings (SSSR count). The summed E-state index contributed by atoms with van der Waals surface area (Å²) in [5.74, 6) is -0.00764. The molecule has 2 aromatic rings. The fourth-order valence-electron chi connectivity index (χ4n) is 1.31. The smallest absolute Gasteiger partial charge is 0.226 e. The number of hydrogen-bond acceptors (Lipinski definition) is 5. The molecule has 0 spiro atoms. The van der Waals surface area contributed by atoms with Crippen molar-refractivity contribution in [3.05, 3.63) is 27.2 Å². The molecule has 1 N–H and O–H groups in total. The van der Waals surface area contributed by atoms with Gasteiger partial charge in [-0.1, -0.05) is 0 Å². The number of amides is 1. The van der Waals surface area contributed by atoms with Gasteiger partial charge in [0.1, 0.15) is 0 Å². The maximum absolute atomic E-state index is 11.7. The Kier molecular flexibility index (Phi) is 3.86. The molecule has 0 fully saturated rings. The number of nitrogens with one attached hydrogen (secondary N) is 1. The van der Waals surface area contributed by atoms with Crippen LogP contribution in [0, 0.1) is 13.8 Å². The number of hydrogen-bond donors (Lipinski definition) is 1. The van der Waals surface area contributed by atoms with E-state index in [-0.39, 0.29) is 5.91 Å². The Bertz CT molecular complexity index is 485. The van der Waals surface area contributed by atoms with E-state index in [2.05, 4.69) is 15.3 Å². The monoisotopic (exact) mass is 267 g/mol. The fourth-order valence-corrected chi connectivity index (χ4v) is 2.73. The molecule has 4 nitrogen and oxygen atoms in total. The van der Waals surface area contributed by atoms with Crippen LogP contribution in [0.2, 0.25) is 0 Å². The molecule has 1 amide bonds. The first-order valence-corrected chi connectivity index (χ1v) is 7.02. The number of carbonyl (C=O) groups is 1. The molecule has 0 atom stereocenters. The average molecular weight is 267 g/mol. The van der Waals surface area contributed by atoms with Crippen LogP contribution in [0.3, 0.4) is 0 Å². The fraction of sp³-hybridized carbons (Fsp3) is 0.364. The zero-order valence-corrected chi connectivity index (χ0v) is 11.3. The van der Waals surface area contributed by atoms with Crippen LogP contribution >= 0.6 is 22.7 Å². The number of carbonyl (C=O) groups excluding carboxylic acids is 1. The average Bonchev–Trinajstić information content (AvgIpc) is 2.87. The van der Waals surface area contributed by atoms with Gasteiger partial charge >= 0.3 is 0 Å². The summed E-state index contributed by atoms with van der Waals surface area (Å²) >= 11 is 3.06. The van der Waals surface area contributed by atoms with E-state index in [0.29, 0.717) is 18.0 Å². The Labute approximate surface area is 108 Å². The predicted molar refractivity (Wildman–Crippen MR) is 70.7 cm³/mol. The quantitative estimate of drug-likeness (QED) is 0.926. The largest absolute Gasteiger partial charge is 0.302 e. The summed E-state index contributed by atoms with van der Waals surface area (Å²) in [4.78, 5) is 21.2. The predicted octanol–water partition coefficient (Wildman–Crippen LogP) is 2.79. The van der Waals surface area contributed by atoms with Gasteiger partial charge in [-0.05, 0) is 20.3 Å². The molecule has 0 radical (unpaired) electrons. The lowest BCUT2D eigenvalue weighted by atomic mass is 10.2. The first-order chi connectivity index (χ1) is 8.15. The maximum atomic E-state index is 11.7. The van der Waals surface area contributed by atoms with Crippen molar-refractivity contribution in [3.8, 4) is 0 Å². The minimum absolute atomic E-state index is 0.00764. The highest BCUT2D eigenvalue weighted by Crippen LogP contribution is 2.21. The number of nitrogens with zero attached hydrogens (tertiary/aromatic N) is 2. The minimum Gasteiger partial charge on any atom is -0.302 e. The standard InChI is InChI=1S/C11H13N3OS2/c1-7-8(2)17-11(13-7)14-10(15)4-3-9-5-16-6-12-9/h5-6H,3-4H2,1-2H3,(H,13,14,15).